The molecule has 0 atom stereocenters. The van der Waals surface area contributed by atoms with Crippen LogP contribution in [0.25, 0.3) is 106 Å². The molecule has 0 fully saturated rings. The topological polar surface area (TPSA) is 40.6 Å². The van der Waals surface area contributed by atoms with Crippen molar-refractivity contribution >= 4 is 43.9 Å². The SMILES string of the molecule is c1ccc(-n2c(-c3ccccc3-c3ccc4c(c3)c3cc(-c5ccccc5-c5nc6ccccc6n5-c5ccccc5)ccc3n4-c3ccccc3)nc3ccccc32)cc1. The van der Waals surface area contributed by atoms with Gasteiger partial charge in [-0.15, -0.1) is 0 Å². The predicted molar refractivity (Wildman–Crippen MR) is 252 cm³/mol. The van der Waals surface area contributed by atoms with Gasteiger partial charge >= 0.3 is 0 Å². The molecular weight excluding hydrogens is 743 g/mol. The van der Waals surface area contributed by atoms with Crippen LogP contribution < -0.4 is 0 Å². The van der Waals surface area contributed by atoms with Crippen molar-refractivity contribution in [2.75, 3.05) is 0 Å². The van der Waals surface area contributed by atoms with Crippen LogP contribution in [-0.2, 0) is 0 Å². The normalized spacial score (nSPS) is 11.6. The fraction of sp³-hybridized carbons (Fsp3) is 0. The van der Waals surface area contributed by atoms with Gasteiger partial charge in [0.2, 0.25) is 0 Å². The summed E-state index contributed by atoms with van der Waals surface area (Å²) in [6, 6.07) is 79.7. The highest BCUT2D eigenvalue weighted by Crippen LogP contribution is 2.42. The summed E-state index contributed by atoms with van der Waals surface area (Å²) in [5.41, 5.74) is 16.3. The van der Waals surface area contributed by atoms with E-state index in [0.29, 0.717) is 0 Å². The Morgan fingerprint density at radius 1 is 0.262 bits per heavy atom. The molecule has 0 amide bonds. The minimum absolute atomic E-state index is 0.912. The Hall–Kier alpha value is -8.28. The van der Waals surface area contributed by atoms with Gasteiger partial charge in [-0.2, -0.15) is 0 Å². The third-order valence-electron chi connectivity index (χ3n) is 11.9. The zero-order chi connectivity index (χ0) is 40.3. The largest absolute Gasteiger partial charge is 0.309 e. The maximum absolute atomic E-state index is 5.27. The van der Waals surface area contributed by atoms with Crippen LogP contribution in [0.5, 0.6) is 0 Å². The molecule has 5 heteroatoms. The molecule has 12 aromatic rings. The minimum atomic E-state index is 0.912. The highest BCUT2D eigenvalue weighted by molar-refractivity contribution is 6.12. The first-order valence-electron chi connectivity index (χ1n) is 20.7. The summed E-state index contributed by atoms with van der Waals surface area (Å²) < 4.78 is 6.95. The molecule has 0 aliphatic carbocycles. The lowest BCUT2D eigenvalue weighted by molar-refractivity contribution is 1.10. The van der Waals surface area contributed by atoms with Gasteiger partial charge in [0, 0.05) is 39.0 Å². The van der Waals surface area contributed by atoms with Crippen LogP contribution in [0.1, 0.15) is 0 Å². The molecule has 12 rings (SSSR count). The second-order valence-corrected chi connectivity index (χ2v) is 15.4. The van der Waals surface area contributed by atoms with Gasteiger partial charge in [0.05, 0.1) is 33.1 Å². The van der Waals surface area contributed by atoms with Gasteiger partial charge in [-0.25, -0.2) is 9.97 Å². The van der Waals surface area contributed by atoms with Gasteiger partial charge in [-0.3, -0.25) is 9.13 Å². The number of aromatic nitrogens is 5. The molecule has 61 heavy (non-hydrogen) atoms. The molecule has 0 radical (unpaired) electrons. The summed E-state index contributed by atoms with van der Waals surface area (Å²) in [7, 11) is 0. The van der Waals surface area contributed by atoms with Gasteiger partial charge in [0.25, 0.3) is 0 Å². The molecule has 3 aromatic heterocycles. The molecule has 0 saturated carbocycles. The molecule has 0 bridgehead atoms. The van der Waals surface area contributed by atoms with Crippen molar-refractivity contribution in [1.82, 2.24) is 23.7 Å². The number of imidazole rings is 2. The van der Waals surface area contributed by atoms with Crippen LogP contribution in [0, 0.1) is 0 Å². The average Bonchev–Trinajstić information content (AvgIpc) is 4.02. The van der Waals surface area contributed by atoms with Gasteiger partial charge in [0.15, 0.2) is 0 Å². The molecule has 3 heterocycles. The lowest BCUT2D eigenvalue weighted by Crippen LogP contribution is -1.98. The van der Waals surface area contributed by atoms with Gasteiger partial charge in [0.1, 0.15) is 11.6 Å². The molecule has 0 unspecified atom stereocenters. The lowest BCUT2D eigenvalue weighted by atomic mass is 9.95. The van der Waals surface area contributed by atoms with Crippen LogP contribution in [0.3, 0.4) is 0 Å². The van der Waals surface area contributed by atoms with Crippen molar-refractivity contribution in [3.05, 3.63) is 224 Å². The zero-order valence-corrected chi connectivity index (χ0v) is 33.1. The highest BCUT2D eigenvalue weighted by Gasteiger charge is 2.22. The third-order valence-corrected chi connectivity index (χ3v) is 11.9. The Bertz CT molecular complexity index is 3360. The number of hydrogen-bond donors (Lipinski definition) is 0. The molecule has 286 valence electrons. The lowest BCUT2D eigenvalue weighted by Gasteiger charge is -2.14. The molecule has 0 saturated heterocycles. The summed E-state index contributed by atoms with van der Waals surface area (Å²) >= 11 is 0. The van der Waals surface area contributed by atoms with Crippen LogP contribution in [0.2, 0.25) is 0 Å². The maximum Gasteiger partial charge on any atom is 0.146 e. The van der Waals surface area contributed by atoms with Gasteiger partial charge in [-0.05, 0) is 107 Å². The first-order chi connectivity index (χ1) is 30.3. The third kappa shape index (κ3) is 5.70. The first kappa shape index (κ1) is 34.7. The molecular formula is C56H37N5. The van der Waals surface area contributed by atoms with E-state index in [4.69, 9.17) is 9.97 Å². The highest BCUT2D eigenvalue weighted by atomic mass is 15.1. The molecule has 0 spiro atoms. The minimum Gasteiger partial charge on any atom is -0.309 e. The number of para-hydroxylation sites is 7. The van der Waals surface area contributed by atoms with Crippen LogP contribution in [0.15, 0.2) is 224 Å². The Labute approximate surface area is 352 Å². The summed E-state index contributed by atoms with van der Waals surface area (Å²) in [6.07, 6.45) is 0. The quantitative estimate of drug-likeness (QED) is 0.162. The summed E-state index contributed by atoms with van der Waals surface area (Å²) in [6.45, 7) is 0. The first-order valence-corrected chi connectivity index (χ1v) is 20.7. The second kappa shape index (κ2) is 14.2. The Kier molecular flexibility index (Phi) is 8.10. The predicted octanol–water partition coefficient (Wildman–Crippen LogP) is 14.1. The number of rotatable bonds is 7. The van der Waals surface area contributed by atoms with E-state index in [-0.39, 0.29) is 0 Å². The smallest absolute Gasteiger partial charge is 0.146 e. The number of nitrogens with zero attached hydrogens (tertiary/aromatic N) is 5. The van der Waals surface area contributed by atoms with Crippen molar-refractivity contribution in [3.8, 4) is 62.1 Å². The van der Waals surface area contributed by atoms with Crippen LogP contribution >= 0.6 is 0 Å². The Balaban J connectivity index is 1.07. The van der Waals surface area contributed by atoms with Crippen molar-refractivity contribution < 1.29 is 0 Å². The monoisotopic (exact) mass is 779 g/mol. The molecule has 9 aromatic carbocycles. The summed E-state index contributed by atoms with van der Waals surface area (Å²) in [5.74, 6) is 1.82. The van der Waals surface area contributed by atoms with E-state index in [0.717, 1.165) is 95.2 Å². The number of fused-ring (bicyclic) bond motifs is 5. The van der Waals surface area contributed by atoms with Gasteiger partial charge < -0.3 is 4.57 Å². The average molecular weight is 780 g/mol. The molecule has 0 aliphatic rings. The van der Waals surface area contributed by atoms with Crippen molar-refractivity contribution in [1.29, 1.82) is 0 Å². The van der Waals surface area contributed by atoms with E-state index in [9.17, 15) is 0 Å². The van der Waals surface area contributed by atoms with E-state index in [1.165, 1.54) is 10.8 Å². The Morgan fingerprint density at radius 3 is 1.03 bits per heavy atom. The van der Waals surface area contributed by atoms with Crippen molar-refractivity contribution in [2.24, 2.45) is 0 Å². The molecule has 0 aliphatic heterocycles. The standard InChI is InChI=1S/C56H37N5/c1-4-18-40(19-5-1)59-51-34-32-38(43-24-10-12-26-45(43)55-57-49-28-14-16-30-53(49)60(55)41-20-6-2-7-21-41)36-47(51)48-37-39(33-35-52(48)59)44-25-11-13-27-46(44)56-58-50-29-15-17-31-54(50)61(56)42-22-8-3-9-23-42/h1-37H. The number of benzene rings is 9. The van der Waals surface area contributed by atoms with E-state index in [1.807, 2.05) is 0 Å². The summed E-state index contributed by atoms with van der Waals surface area (Å²) in [5, 5.41) is 2.36. The van der Waals surface area contributed by atoms with E-state index >= 15 is 0 Å². The summed E-state index contributed by atoms with van der Waals surface area (Å²) in [4.78, 5) is 10.5. The van der Waals surface area contributed by atoms with Gasteiger partial charge in [-0.1, -0.05) is 140 Å². The fourth-order valence-electron chi connectivity index (χ4n) is 9.16. The van der Waals surface area contributed by atoms with Crippen LogP contribution in [0.4, 0.5) is 0 Å². The number of hydrogen-bond acceptors (Lipinski definition) is 2. The van der Waals surface area contributed by atoms with Crippen LogP contribution in [-0.4, -0.2) is 23.7 Å². The molecule has 0 N–H and O–H groups in total. The van der Waals surface area contributed by atoms with E-state index in [2.05, 4.69) is 238 Å². The maximum atomic E-state index is 5.27. The van der Waals surface area contributed by atoms with Crippen molar-refractivity contribution in [3.63, 3.8) is 0 Å². The van der Waals surface area contributed by atoms with E-state index < -0.39 is 0 Å². The fourth-order valence-corrected chi connectivity index (χ4v) is 9.16. The van der Waals surface area contributed by atoms with E-state index in [1.54, 1.807) is 0 Å². The molecule has 5 nitrogen and oxygen atoms in total. The second-order valence-electron chi connectivity index (χ2n) is 15.4. The van der Waals surface area contributed by atoms with Crippen molar-refractivity contribution in [2.45, 2.75) is 0 Å². The Morgan fingerprint density at radius 2 is 0.607 bits per heavy atom. The zero-order valence-electron chi connectivity index (χ0n) is 33.1.